The zero-order valence-electron chi connectivity index (χ0n) is 11.5. The number of likely N-dealkylation sites (tertiary alicyclic amines) is 1. The number of hydrogen-bond acceptors (Lipinski definition) is 1. The monoisotopic (exact) mass is 247 g/mol. The van der Waals surface area contributed by atoms with Crippen molar-refractivity contribution in [3.05, 3.63) is 12.7 Å². The molecule has 0 aromatic carbocycles. The number of terminal acetylenes is 1. The van der Waals surface area contributed by atoms with Crippen LogP contribution in [-0.4, -0.2) is 22.9 Å². The predicted molar refractivity (Wildman–Crippen MR) is 76.1 cm³/mol. The van der Waals surface area contributed by atoms with Gasteiger partial charge in [0.15, 0.2) is 0 Å². The summed E-state index contributed by atoms with van der Waals surface area (Å²) in [6, 6.07) is -0.0298. The summed E-state index contributed by atoms with van der Waals surface area (Å²) in [6.07, 6.45) is 17.0. The van der Waals surface area contributed by atoms with Crippen LogP contribution in [0, 0.1) is 12.3 Å². The minimum atomic E-state index is -0.0754. The zero-order valence-corrected chi connectivity index (χ0v) is 11.5. The highest BCUT2D eigenvalue weighted by atomic mass is 16.1. The van der Waals surface area contributed by atoms with Crippen LogP contribution in [0.2, 0.25) is 0 Å². The van der Waals surface area contributed by atoms with E-state index in [1.165, 1.54) is 12.8 Å². The minimum Gasteiger partial charge on any atom is -0.325 e. The van der Waals surface area contributed by atoms with Gasteiger partial charge in [0.2, 0.25) is 6.41 Å². The number of nitrogens with zero attached hydrogens (tertiary/aromatic N) is 1. The lowest BCUT2D eigenvalue weighted by atomic mass is 9.77. The molecule has 100 valence electrons. The van der Waals surface area contributed by atoms with Crippen molar-refractivity contribution < 1.29 is 4.79 Å². The first-order chi connectivity index (χ1) is 8.74. The van der Waals surface area contributed by atoms with Crippen LogP contribution in [0.25, 0.3) is 0 Å². The molecule has 1 aliphatic rings. The first kappa shape index (κ1) is 14.8. The van der Waals surface area contributed by atoms with Gasteiger partial charge in [0, 0.05) is 5.54 Å². The maximum absolute atomic E-state index is 11.4. The average molecular weight is 247 g/mol. The molecular weight excluding hydrogens is 222 g/mol. The van der Waals surface area contributed by atoms with Gasteiger partial charge in [-0.1, -0.05) is 38.2 Å². The summed E-state index contributed by atoms with van der Waals surface area (Å²) in [5.41, 5.74) is -0.0754. The van der Waals surface area contributed by atoms with Gasteiger partial charge in [0.05, 0.1) is 6.04 Å². The smallest absolute Gasteiger partial charge is 0.211 e. The standard InChI is InChI=1S/C16H25NO/c1-4-7-8-12-16(11-5-2)13-9-10-15(6-3)17(16)14-18/h3,5,14-15H,2,4,7-13H2,1H3/t15-,16-/m1/s1. The first-order valence-electron chi connectivity index (χ1n) is 7.05. The number of hydrogen-bond donors (Lipinski definition) is 0. The van der Waals surface area contributed by atoms with Crippen molar-refractivity contribution in [3.63, 3.8) is 0 Å². The van der Waals surface area contributed by atoms with Crippen molar-refractivity contribution in [2.24, 2.45) is 0 Å². The Morgan fingerprint density at radius 3 is 2.89 bits per heavy atom. The number of piperidine rings is 1. The van der Waals surface area contributed by atoms with E-state index in [-0.39, 0.29) is 11.6 Å². The summed E-state index contributed by atoms with van der Waals surface area (Å²) in [6.45, 7) is 6.05. The van der Waals surface area contributed by atoms with E-state index >= 15 is 0 Å². The second-order valence-corrected chi connectivity index (χ2v) is 5.26. The fourth-order valence-electron chi connectivity index (χ4n) is 3.11. The molecule has 1 heterocycles. The van der Waals surface area contributed by atoms with Crippen LogP contribution < -0.4 is 0 Å². The van der Waals surface area contributed by atoms with Crippen LogP contribution in [0.15, 0.2) is 12.7 Å². The van der Waals surface area contributed by atoms with Gasteiger partial charge >= 0.3 is 0 Å². The van der Waals surface area contributed by atoms with E-state index < -0.39 is 0 Å². The number of rotatable bonds is 7. The van der Waals surface area contributed by atoms with Crippen LogP contribution in [0.1, 0.15) is 58.3 Å². The topological polar surface area (TPSA) is 20.3 Å². The summed E-state index contributed by atoms with van der Waals surface area (Å²) in [4.78, 5) is 13.3. The second-order valence-electron chi connectivity index (χ2n) is 5.26. The summed E-state index contributed by atoms with van der Waals surface area (Å²) < 4.78 is 0. The third-order valence-electron chi connectivity index (χ3n) is 4.08. The number of unbranched alkanes of at least 4 members (excludes halogenated alkanes) is 2. The molecule has 18 heavy (non-hydrogen) atoms. The average Bonchev–Trinajstić information content (AvgIpc) is 2.39. The summed E-state index contributed by atoms with van der Waals surface area (Å²) >= 11 is 0. The van der Waals surface area contributed by atoms with Crippen LogP contribution in [0.4, 0.5) is 0 Å². The maximum Gasteiger partial charge on any atom is 0.211 e. The lowest BCUT2D eigenvalue weighted by Gasteiger charge is -2.48. The molecule has 0 aromatic rings. The molecule has 1 rings (SSSR count). The van der Waals surface area contributed by atoms with Crippen LogP contribution >= 0.6 is 0 Å². The van der Waals surface area contributed by atoms with E-state index in [0.29, 0.717) is 0 Å². The summed E-state index contributed by atoms with van der Waals surface area (Å²) in [5.74, 6) is 2.77. The highest BCUT2D eigenvalue weighted by Crippen LogP contribution is 2.38. The Kier molecular flexibility index (Phi) is 5.98. The molecule has 0 saturated carbocycles. The Balaban J connectivity index is 2.87. The minimum absolute atomic E-state index is 0.0298. The molecule has 0 spiro atoms. The molecule has 0 N–H and O–H groups in total. The molecule has 1 amide bonds. The molecule has 0 unspecified atom stereocenters. The normalized spacial score (nSPS) is 27.6. The molecule has 1 saturated heterocycles. The molecule has 0 aliphatic carbocycles. The van der Waals surface area contributed by atoms with Crippen LogP contribution in [0.3, 0.4) is 0 Å². The van der Waals surface area contributed by atoms with Gasteiger partial charge in [-0.25, -0.2) is 0 Å². The largest absolute Gasteiger partial charge is 0.325 e. The van der Waals surface area contributed by atoms with Crippen LogP contribution in [-0.2, 0) is 4.79 Å². The summed E-state index contributed by atoms with van der Waals surface area (Å²) in [7, 11) is 0. The van der Waals surface area contributed by atoms with Crippen LogP contribution in [0.5, 0.6) is 0 Å². The molecule has 0 radical (unpaired) electrons. The van der Waals surface area contributed by atoms with E-state index in [2.05, 4.69) is 19.4 Å². The lowest BCUT2D eigenvalue weighted by Crippen LogP contribution is -2.55. The lowest BCUT2D eigenvalue weighted by molar-refractivity contribution is -0.129. The SMILES string of the molecule is C#C[C@@H]1CCC[C@@](CC=C)(CCCCC)N1C=O. The zero-order chi connectivity index (χ0) is 13.4. The number of carbonyl (C=O) groups is 1. The molecule has 1 aliphatic heterocycles. The summed E-state index contributed by atoms with van der Waals surface area (Å²) in [5, 5.41) is 0. The molecule has 0 aromatic heterocycles. The van der Waals surface area contributed by atoms with Gasteiger partial charge in [-0.2, -0.15) is 0 Å². The van der Waals surface area contributed by atoms with Crippen molar-refractivity contribution in [3.8, 4) is 12.3 Å². The molecule has 2 atom stereocenters. The van der Waals surface area contributed by atoms with Crippen molar-refractivity contribution in [2.45, 2.75) is 69.9 Å². The number of amides is 1. The predicted octanol–water partition coefficient (Wildman–Crippen LogP) is 3.53. The maximum atomic E-state index is 11.4. The van der Waals surface area contributed by atoms with Gasteiger partial charge in [-0.3, -0.25) is 4.79 Å². The Morgan fingerprint density at radius 2 is 2.33 bits per heavy atom. The third-order valence-corrected chi connectivity index (χ3v) is 4.08. The highest BCUT2D eigenvalue weighted by molar-refractivity contribution is 5.51. The Morgan fingerprint density at radius 1 is 1.56 bits per heavy atom. The molecule has 0 bridgehead atoms. The quantitative estimate of drug-likeness (QED) is 0.292. The van der Waals surface area contributed by atoms with E-state index in [0.717, 1.165) is 44.9 Å². The van der Waals surface area contributed by atoms with Gasteiger partial charge in [-0.05, 0) is 32.1 Å². The second kappa shape index (κ2) is 7.26. The van der Waals surface area contributed by atoms with E-state index in [9.17, 15) is 4.79 Å². The fourth-order valence-corrected chi connectivity index (χ4v) is 3.11. The fraction of sp³-hybridized carbons (Fsp3) is 0.688. The van der Waals surface area contributed by atoms with Gasteiger partial charge in [0.1, 0.15) is 0 Å². The van der Waals surface area contributed by atoms with E-state index in [1.54, 1.807) is 0 Å². The van der Waals surface area contributed by atoms with Crippen molar-refractivity contribution >= 4 is 6.41 Å². The molecular formula is C16H25NO. The third kappa shape index (κ3) is 3.16. The number of carbonyl (C=O) groups excluding carboxylic acids is 1. The Labute approximate surface area is 111 Å². The van der Waals surface area contributed by atoms with E-state index in [4.69, 9.17) is 6.42 Å². The van der Waals surface area contributed by atoms with Gasteiger partial charge in [-0.15, -0.1) is 13.0 Å². The van der Waals surface area contributed by atoms with Gasteiger partial charge < -0.3 is 4.90 Å². The Bertz CT molecular complexity index is 318. The van der Waals surface area contributed by atoms with Crippen molar-refractivity contribution in [2.75, 3.05) is 0 Å². The van der Waals surface area contributed by atoms with E-state index in [1.807, 2.05) is 11.0 Å². The van der Waals surface area contributed by atoms with Crippen molar-refractivity contribution in [1.82, 2.24) is 4.90 Å². The first-order valence-corrected chi connectivity index (χ1v) is 7.05. The van der Waals surface area contributed by atoms with Gasteiger partial charge in [0.25, 0.3) is 0 Å². The molecule has 2 nitrogen and oxygen atoms in total. The highest BCUT2D eigenvalue weighted by Gasteiger charge is 2.40. The molecule has 1 fully saturated rings. The Hall–Kier alpha value is -1.23. The van der Waals surface area contributed by atoms with Crippen molar-refractivity contribution in [1.29, 1.82) is 0 Å². The molecule has 2 heteroatoms.